The molecule has 3 aromatic rings. The fraction of sp³-hybridized carbons (Fsp3) is 0.333. The maximum absolute atomic E-state index is 12.9. The number of pyridine rings is 1. The van der Waals surface area contributed by atoms with Gasteiger partial charge in [-0.15, -0.1) is 0 Å². The zero-order valence-corrected chi connectivity index (χ0v) is 18.5. The maximum atomic E-state index is 12.9. The Morgan fingerprint density at radius 2 is 2.03 bits per heavy atom. The highest BCUT2D eigenvalue weighted by molar-refractivity contribution is 5.89. The fourth-order valence-electron chi connectivity index (χ4n) is 3.51. The monoisotopic (exact) mass is 451 g/mol. The second-order valence-electron chi connectivity index (χ2n) is 7.61. The van der Waals surface area contributed by atoms with Gasteiger partial charge in [-0.2, -0.15) is 0 Å². The number of esters is 1. The molecular formula is C24H25N3O6. The molecule has 0 radical (unpaired) electrons. The fourth-order valence-corrected chi connectivity index (χ4v) is 3.51. The number of benzene rings is 1. The van der Waals surface area contributed by atoms with Gasteiger partial charge in [0.25, 0.3) is 0 Å². The quantitative estimate of drug-likeness (QED) is 0.505. The molecule has 0 aliphatic carbocycles. The van der Waals surface area contributed by atoms with Crippen molar-refractivity contribution in [3.8, 4) is 17.2 Å². The van der Waals surface area contributed by atoms with E-state index in [1.807, 2.05) is 37.3 Å². The largest absolute Gasteiger partial charge is 0.489 e. The Bertz CT molecular complexity index is 1110. The van der Waals surface area contributed by atoms with E-state index in [0.717, 1.165) is 5.56 Å². The maximum Gasteiger partial charge on any atom is 0.339 e. The van der Waals surface area contributed by atoms with Crippen molar-refractivity contribution in [1.29, 1.82) is 0 Å². The molecule has 1 atom stereocenters. The number of methoxy groups -OCH3 is 1. The minimum atomic E-state index is -0.489. The molecule has 4 rings (SSSR count). The molecule has 1 fully saturated rings. The summed E-state index contributed by atoms with van der Waals surface area (Å²) in [7, 11) is 1.31. The molecule has 3 heterocycles. The van der Waals surface area contributed by atoms with Gasteiger partial charge in [0.1, 0.15) is 24.2 Å². The predicted molar refractivity (Wildman–Crippen MR) is 118 cm³/mol. The number of aromatic nitrogens is 2. The van der Waals surface area contributed by atoms with Crippen LogP contribution in [0.2, 0.25) is 0 Å². The molecular weight excluding hydrogens is 426 g/mol. The lowest BCUT2D eigenvalue weighted by Crippen LogP contribution is -2.48. The molecule has 1 aliphatic rings. The lowest BCUT2D eigenvalue weighted by molar-refractivity contribution is -0.139. The van der Waals surface area contributed by atoms with Crippen LogP contribution in [0.1, 0.15) is 21.8 Å². The second-order valence-corrected chi connectivity index (χ2v) is 7.61. The first-order chi connectivity index (χ1) is 16.0. The Morgan fingerprint density at radius 3 is 2.82 bits per heavy atom. The Balaban J connectivity index is 1.34. The number of nitrogens with zero attached hydrogens (tertiary/aromatic N) is 3. The van der Waals surface area contributed by atoms with Crippen LogP contribution in [-0.4, -0.2) is 66.3 Å². The van der Waals surface area contributed by atoms with Crippen LogP contribution in [0, 0.1) is 6.92 Å². The van der Waals surface area contributed by atoms with E-state index in [2.05, 4.69) is 9.97 Å². The summed E-state index contributed by atoms with van der Waals surface area (Å²) < 4.78 is 21.9. The Labute approximate surface area is 191 Å². The molecule has 0 spiro atoms. The standard InChI is InChI=1S/C24H25N3O6/c1-16-21(26-23(33-16)17-6-4-3-5-7-17)11-22(28)27-8-9-31-20(14-27)15-32-19-10-18(12-25-13-19)24(29)30-2/h3-7,10,12-13,20H,8-9,11,14-15H2,1-2H3. The Hall–Kier alpha value is -3.72. The highest BCUT2D eigenvalue weighted by Gasteiger charge is 2.26. The normalized spacial score (nSPS) is 15.8. The number of amides is 1. The second kappa shape index (κ2) is 10.3. The number of hydrogen-bond donors (Lipinski definition) is 0. The molecule has 1 saturated heterocycles. The number of ether oxygens (including phenoxy) is 3. The highest BCUT2D eigenvalue weighted by Crippen LogP contribution is 2.22. The van der Waals surface area contributed by atoms with Gasteiger partial charge in [0.15, 0.2) is 0 Å². The summed E-state index contributed by atoms with van der Waals surface area (Å²) in [4.78, 5) is 34.8. The number of carbonyl (C=O) groups is 2. The zero-order chi connectivity index (χ0) is 23.2. The van der Waals surface area contributed by atoms with E-state index in [1.54, 1.807) is 11.0 Å². The van der Waals surface area contributed by atoms with Crippen molar-refractivity contribution in [2.24, 2.45) is 0 Å². The Morgan fingerprint density at radius 1 is 1.21 bits per heavy atom. The summed E-state index contributed by atoms with van der Waals surface area (Å²) in [6, 6.07) is 11.1. The average molecular weight is 451 g/mol. The van der Waals surface area contributed by atoms with Gasteiger partial charge in [0.2, 0.25) is 11.8 Å². The van der Waals surface area contributed by atoms with Crippen molar-refractivity contribution in [1.82, 2.24) is 14.9 Å². The number of hydrogen-bond acceptors (Lipinski definition) is 8. The van der Waals surface area contributed by atoms with Crippen LogP contribution >= 0.6 is 0 Å². The van der Waals surface area contributed by atoms with Crippen LogP contribution in [0.4, 0.5) is 0 Å². The van der Waals surface area contributed by atoms with Crippen molar-refractivity contribution < 1.29 is 28.2 Å². The third-order valence-corrected chi connectivity index (χ3v) is 5.29. The van der Waals surface area contributed by atoms with Crippen LogP contribution < -0.4 is 4.74 Å². The first-order valence-corrected chi connectivity index (χ1v) is 10.6. The predicted octanol–water partition coefficient (Wildman–Crippen LogP) is 2.68. The molecule has 0 saturated carbocycles. The smallest absolute Gasteiger partial charge is 0.339 e. The van der Waals surface area contributed by atoms with E-state index in [0.29, 0.717) is 48.4 Å². The molecule has 1 aromatic carbocycles. The Kier molecular flexibility index (Phi) is 6.99. The van der Waals surface area contributed by atoms with Gasteiger partial charge in [-0.1, -0.05) is 18.2 Å². The van der Waals surface area contributed by atoms with Gasteiger partial charge < -0.3 is 23.5 Å². The van der Waals surface area contributed by atoms with E-state index in [4.69, 9.17) is 18.6 Å². The average Bonchev–Trinajstić information content (AvgIpc) is 3.23. The van der Waals surface area contributed by atoms with Gasteiger partial charge in [-0.25, -0.2) is 9.78 Å². The first-order valence-electron chi connectivity index (χ1n) is 10.6. The number of rotatable bonds is 7. The molecule has 33 heavy (non-hydrogen) atoms. The summed E-state index contributed by atoms with van der Waals surface area (Å²) in [5.74, 6) is 1.03. The van der Waals surface area contributed by atoms with Gasteiger partial charge in [-0.3, -0.25) is 9.78 Å². The van der Waals surface area contributed by atoms with Crippen LogP contribution in [0.25, 0.3) is 11.5 Å². The summed E-state index contributed by atoms with van der Waals surface area (Å²) in [5.41, 5.74) is 1.80. The van der Waals surface area contributed by atoms with Crippen molar-refractivity contribution in [3.05, 3.63) is 65.8 Å². The molecule has 172 valence electrons. The molecule has 9 nitrogen and oxygen atoms in total. The molecule has 1 amide bonds. The van der Waals surface area contributed by atoms with Gasteiger partial charge >= 0.3 is 5.97 Å². The zero-order valence-electron chi connectivity index (χ0n) is 18.5. The molecule has 2 aromatic heterocycles. The van der Waals surface area contributed by atoms with E-state index >= 15 is 0 Å². The number of aryl methyl sites for hydroxylation is 1. The van der Waals surface area contributed by atoms with E-state index < -0.39 is 5.97 Å². The van der Waals surface area contributed by atoms with E-state index in [1.165, 1.54) is 19.5 Å². The molecule has 0 bridgehead atoms. The number of morpholine rings is 1. The molecule has 1 unspecified atom stereocenters. The van der Waals surface area contributed by atoms with Crippen LogP contribution in [0.5, 0.6) is 5.75 Å². The molecule has 1 aliphatic heterocycles. The third kappa shape index (κ3) is 5.56. The molecule has 0 N–H and O–H groups in total. The van der Waals surface area contributed by atoms with Crippen molar-refractivity contribution >= 4 is 11.9 Å². The molecule has 9 heteroatoms. The van der Waals surface area contributed by atoms with E-state index in [-0.39, 0.29) is 25.0 Å². The number of oxazole rings is 1. The summed E-state index contributed by atoms with van der Waals surface area (Å²) in [5, 5.41) is 0. The highest BCUT2D eigenvalue weighted by atomic mass is 16.5. The van der Waals surface area contributed by atoms with Crippen LogP contribution in [0.3, 0.4) is 0 Å². The SMILES string of the molecule is COC(=O)c1cncc(OCC2CN(C(=O)Cc3nc(-c4ccccc4)oc3C)CCO2)c1. The van der Waals surface area contributed by atoms with Gasteiger partial charge in [0.05, 0.1) is 44.1 Å². The van der Waals surface area contributed by atoms with Crippen LogP contribution in [-0.2, 0) is 20.7 Å². The summed E-state index contributed by atoms with van der Waals surface area (Å²) >= 11 is 0. The van der Waals surface area contributed by atoms with Gasteiger partial charge in [0, 0.05) is 18.3 Å². The van der Waals surface area contributed by atoms with Crippen molar-refractivity contribution in [2.45, 2.75) is 19.4 Å². The first kappa shape index (κ1) is 22.5. The number of carbonyl (C=O) groups excluding carboxylic acids is 2. The van der Waals surface area contributed by atoms with Crippen molar-refractivity contribution in [2.75, 3.05) is 33.4 Å². The summed E-state index contributed by atoms with van der Waals surface area (Å²) in [6.45, 7) is 3.33. The van der Waals surface area contributed by atoms with Crippen molar-refractivity contribution in [3.63, 3.8) is 0 Å². The van der Waals surface area contributed by atoms with Gasteiger partial charge in [-0.05, 0) is 25.1 Å². The summed E-state index contributed by atoms with van der Waals surface area (Å²) in [6.07, 6.45) is 2.77. The topological polar surface area (TPSA) is 104 Å². The lowest BCUT2D eigenvalue weighted by atomic mass is 10.2. The van der Waals surface area contributed by atoms with E-state index in [9.17, 15) is 9.59 Å². The lowest BCUT2D eigenvalue weighted by Gasteiger charge is -2.32. The minimum absolute atomic E-state index is 0.0475. The van der Waals surface area contributed by atoms with Crippen LogP contribution in [0.15, 0.2) is 53.2 Å². The third-order valence-electron chi connectivity index (χ3n) is 5.29. The minimum Gasteiger partial charge on any atom is -0.489 e.